The monoisotopic (exact) mass is 140 g/mol. The maximum absolute atomic E-state index is 12.6. The summed E-state index contributed by atoms with van der Waals surface area (Å²) in [5.41, 5.74) is 6.02. The molecule has 1 aromatic rings. The van der Waals surface area contributed by atoms with Gasteiger partial charge in [-0.05, 0) is 18.1 Å². The van der Waals surface area contributed by atoms with Crippen molar-refractivity contribution in [1.82, 2.24) is 4.98 Å². The van der Waals surface area contributed by atoms with Gasteiger partial charge in [0, 0.05) is 6.20 Å². The molecule has 1 rings (SSSR count). The zero-order valence-corrected chi connectivity index (χ0v) is 5.76. The van der Waals surface area contributed by atoms with Crippen LogP contribution in [-0.2, 0) is 6.42 Å². The van der Waals surface area contributed by atoms with Crippen molar-refractivity contribution >= 4 is 5.82 Å². The van der Waals surface area contributed by atoms with E-state index in [0.29, 0.717) is 0 Å². The van der Waals surface area contributed by atoms with Gasteiger partial charge in [-0.25, -0.2) is 9.37 Å². The van der Waals surface area contributed by atoms with E-state index in [0.717, 1.165) is 12.0 Å². The highest BCUT2D eigenvalue weighted by molar-refractivity contribution is 5.31. The van der Waals surface area contributed by atoms with Gasteiger partial charge in [-0.3, -0.25) is 0 Å². The van der Waals surface area contributed by atoms with E-state index in [1.165, 1.54) is 6.07 Å². The zero-order chi connectivity index (χ0) is 7.56. The number of nitrogens with two attached hydrogens (primary N) is 1. The number of aromatic nitrogens is 1. The lowest BCUT2D eigenvalue weighted by Gasteiger charge is -1.97. The summed E-state index contributed by atoms with van der Waals surface area (Å²) in [6, 6.07) is 1.41. The third-order valence-corrected chi connectivity index (χ3v) is 1.33. The van der Waals surface area contributed by atoms with Crippen LogP contribution in [0.3, 0.4) is 0 Å². The molecule has 3 heteroatoms. The van der Waals surface area contributed by atoms with E-state index in [2.05, 4.69) is 4.98 Å². The molecule has 0 spiro atoms. The fourth-order valence-corrected chi connectivity index (χ4v) is 0.681. The molecule has 0 bridgehead atoms. The van der Waals surface area contributed by atoms with Gasteiger partial charge in [-0.15, -0.1) is 0 Å². The number of nitrogen functional groups attached to an aromatic ring is 1. The molecule has 2 nitrogen and oxygen atoms in total. The van der Waals surface area contributed by atoms with Crippen molar-refractivity contribution in [2.75, 3.05) is 5.73 Å². The van der Waals surface area contributed by atoms with E-state index in [-0.39, 0.29) is 5.82 Å². The number of hydrogen-bond donors (Lipinski definition) is 1. The van der Waals surface area contributed by atoms with E-state index in [9.17, 15) is 4.39 Å². The van der Waals surface area contributed by atoms with Gasteiger partial charge in [-0.2, -0.15) is 0 Å². The van der Waals surface area contributed by atoms with Gasteiger partial charge < -0.3 is 5.73 Å². The van der Waals surface area contributed by atoms with Gasteiger partial charge in [0.05, 0.1) is 0 Å². The van der Waals surface area contributed by atoms with Gasteiger partial charge in [0.2, 0.25) is 0 Å². The van der Waals surface area contributed by atoms with Crippen LogP contribution in [0.4, 0.5) is 10.2 Å². The molecule has 0 atom stereocenters. The minimum atomic E-state index is -0.431. The Hall–Kier alpha value is -1.12. The molecular formula is C7H9FN2. The fourth-order valence-electron chi connectivity index (χ4n) is 0.681. The smallest absolute Gasteiger partial charge is 0.165 e. The van der Waals surface area contributed by atoms with Crippen molar-refractivity contribution < 1.29 is 4.39 Å². The van der Waals surface area contributed by atoms with Gasteiger partial charge in [0.15, 0.2) is 11.6 Å². The predicted octanol–water partition coefficient (Wildman–Crippen LogP) is 1.37. The van der Waals surface area contributed by atoms with Crippen molar-refractivity contribution in [3.63, 3.8) is 0 Å². The highest BCUT2D eigenvalue weighted by Gasteiger charge is 1.98. The Balaban J connectivity index is 3.04. The lowest BCUT2D eigenvalue weighted by Crippen LogP contribution is -1.95. The summed E-state index contributed by atoms with van der Waals surface area (Å²) in [5.74, 6) is -0.462. The minimum absolute atomic E-state index is 0.0304. The number of anilines is 1. The van der Waals surface area contributed by atoms with Crippen LogP contribution in [0.15, 0.2) is 12.3 Å². The molecule has 0 radical (unpaired) electrons. The SMILES string of the molecule is CCc1cnc(N)c(F)c1. The summed E-state index contributed by atoms with van der Waals surface area (Å²) in [5, 5.41) is 0. The van der Waals surface area contributed by atoms with Crippen LogP contribution in [-0.4, -0.2) is 4.98 Å². The Kier molecular flexibility index (Phi) is 1.85. The normalized spacial score (nSPS) is 9.80. The fraction of sp³-hybridized carbons (Fsp3) is 0.286. The van der Waals surface area contributed by atoms with E-state index in [4.69, 9.17) is 5.73 Å². The minimum Gasteiger partial charge on any atom is -0.381 e. The molecule has 0 aliphatic rings. The van der Waals surface area contributed by atoms with Crippen LogP contribution in [0.2, 0.25) is 0 Å². The van der Waals surface area contributed by atoms with Crippen molar-refractivity contribution in [3.05, 3.63) is 23.6 Å². The molecule has 1 aromatic heterocycles. The Morgan fingerprint density at radius 1 is 1.70 bits per heavy atom. The molecule has 0 saturated carbocycles. The molecule has 2 N–H and O–H groups in total. The molecule has 10 heavy (non-hydrogen) atoms. The largest absolute Gasteiger partial charge is 0.381 e. The third kappa shape index (κ3) is 1.23. The van der Waals surface area contributed by atoms with Crippen LogP contribution in [0.25, 0.3) is 0 Å². The second-order valence-electron chi connectivity index (χ2n) is 2.06. The second-order valence-corrected chi connectivity index (χ2v) is 2.06. The van der Waals surface area contributed by atoms with Crippen molar-refractivity contribution in [3.8, 4) is 0 Å². The standard InChI is InChI=1S/C7H9FN2/c1-2-5-3-6(8)7(9)10-4-5/h3-4H,2H2,1H3,(H2,9,10). The molecule has 0 aliphatic carbocycles. The average Bonchev–Trinajstić information content (AvgIpc) is 1.95. The lowest BCUT2D eigenvalue weighted by molar-refractivity contribution is 0.624. The highest BCUT2D eigenvalue weighted by atomic mass is 19.1. The molecule has 0 amide bonds. The first-order valence-electron chi connectivity index (χ1n) is 3.14. The number of pyridine rings is 1. The van der Waals surface area contributed by atoms with E-state index in [1.54, 1.807) is 6.20 Å². The number of halogens is 1. The predicted molar refractivity (Wildman–Crippen MR) is 38.0 cm³/mol. The summed E-state index contributed by atoms with van der Waals surface area (Å²) in [7, 11) is 0. The molecule has 1 heterocycles. The van der Waals surface area contributed by atoms with Crippen molar-refractivity contribution in [1.29, 1.82) is 0 Å². The highest BCUT2D eigenvalue weighted by Crippen LogP contribution is 2.07. The number of nitrogens with zero attached hydrogens (tertiary/aromatic N) is 1. The first-order chi connectivity index (χ1) is 4.74. The zero-order valence-electron chi connectivity index (χ0n) is 5.76. The summed E-state index contributed by atoms with van der Waals surface area (Å²) in [6.45, 7) is 1.94. The van der Waals surface area contributed by atoms with Gasteiger partial charge >= 0.3 is 0 Å². The van der Waals surface area contributed by atoms with Gasteiger partial charge in [0.1, 0.15) is 0 Å². The molecular weight excluding hydrogens is 131 g/mol. The lowest BCUT2D eigenvalue weighted by atomic mass is 10.2. The quantitative estimate of drug-likeness (QED) is 0.639. The average molecular weight is 140 g/mol. The van der Waals surface area contributed by atoms with Crippen LogP contribution in [0.5, 0.6) is 0 Å². The van der Waals surface area contributed by atoms with Crippen LogP contribution >= 0.6 is 0 Å². The first kappa shape index (κ1) is 6.99. The number of aryl methyl sites for hydroxylation is 1. The van der Waals surface area contributed by atoms with E-state index < -0.39 is 5.82 Å². The number of rotatable bonds is 1. The number of hydrogen-bond acceptors (Lipinski definition) is 2. The maximum atomic E-state index is 12.6. The van der Waals surface area contributed by atoms with Crippen LogP contribution < -0.4 is 5.73 Å². The first-order valence-corrected chi connectivity index (χ1v) is 3.14. The molecule has 0 fully saturated rings. The van der Waals surface area contributed by atoms with E-state index >= 15 is 0 Å². The van der Waals surface area contributed by atoms with E-state index in [1.807, 2.05) is 6.92 Å². The second kappa shape index (κ2) is 2.64. The Morgan fingerprint density at radius 2 is 2.40 bits per heavy atom. The van der Waals surface area contributed by atoms with Crippen LogP contribution in [0.1, 0.15) is 12.5 Å². The summed E-state index contributed by atoms with van der Waals surface area (Å²) >= 11 is 0. The maximum Gasteiger partial charge on any atom is 0.165 e. The van der Waals surface area contributed by atoms with Gasteiger partial charge in [0.25, 0.3) is 0 Å². The Labute approximate surface area is 58.9 Å². The molecule has 54 valence electrons. The molecule has 0 saturated heterocycles. The summed E-state index contributed by atoms with van der Waals surface area (Å²) in [6.07, 6.45) is 2.36. The topological polar surface area (TPSA) is 38.9 Å². The van der Waals surface area contributed by atoms with Crippen molar-refractivity contribution in [2.24, 2.45) is 0 Å². The molecule has 0 unspecified atom stereocenters. The summed E-state index contributed by atoms with van der Waals surface area (Å²) < 4.78 is 12.6. The van der Waals surface area contributed by atoms with Crippen molar-refractivity contribution in [2.45, 2.75) is 13.3 Å². The van der Waals surface area contributed by atoms with Crippen LogP contribution in [0, 0.1) is 5.82 Å². The third-order valence-electron chi connectivity index (χ3n) is 1.33. The summed E-state index contributed by atoms with van der Waals surface area (Å²) in [4.78, 5) is 3.65. The molecule has 0 aromatic carbocycles. The Bertz CT molecular complexity index is 235. The van der Waals surface area contributed by atoms with Gasteiger partial charge in [-0.1, -0.05) is 6.92 Å². The molecule has 0 aliphatic heterocycles. The Morgan fingerprint density at radius 3 is 2.90 bits per heavy atom.